The number of carbonyl (C=O) groups is 2. The van der Waals surface area contributed by atoms with E-state index in [9.17, 15) is 9.59 Å². The lowest BCUT2D eigenvalue weighted by atomic mass is 9.84. The molecular weight excluding hydrogens is 418 g/mol. The van der Waals surface area contributed by atoms with E-state index in [0.29, 0.717) is 13.0 Å². The summed E-state index contributed by atoms with van der Waals surface area (Å²) in [6.45, 7) is 0.326. The van der Waals surface area contributed by atoms with Gasteiger partial charge in [-0.2, -0.15) is 0 Å². The van der Waals surface area contributed by atoms with Crippen LogP contribution in [0.3, 0.4) is 0 Å². The first-order valence-electron chi connectivity index (χ1n) is 9.97. The molecule has 3 N–H and O–H groups in total. The standard InChI is InChI=1S/C23H25N3O4.ClH/c1-26-16(11-20(22(26)27)23(28)29-2)12-30-17-6-8-19-14(10-17)4-3-13-9-15(21(24)25)5-7-18(13)19;/h5-10,16,20H,3-4,11-12H2,1-2H3,(H3,24,25);1H/t16-,20-;/m0./s1. The van der Waals surface area contributed by atoms with Gasteiger partial charge in [0.25, 0.3) is 0 Å². The molecule has 0 radical (unpaired) electrons. The average molecular weight is 444 g/mol. The molecule has 0 unspecified atom stereocenters. The summed E-state index contributed by atoms with van der Waals surface area (Å²) in [5, 5.41) is 7.63. The van der Waals surface area contributed by atoms with Crippen molar-refractivity contribution in [1.82, 2.24) is 4.90 Å². The van der Waals surface area contributed by atoms with Gasteiger partial charge in [-0.05, 0) is 59.7 Å². The van der Waals surface area contributed by atoms with Gasteiger partial charge < -0.3 is 20.1 Å². The summed E-state index contributed by atoms with van der Waals surface area (Å²) in [5.74, 6) is -0.622. The highest BCUT2D eigenvalue weighted by molar-refractivity contribution is 5.99. The number of nitrogens with two attached hydrogens (primary N) is 1. The van der Waals surface area contributed by atoms with Gasteiger partial charge in [0.1, 0.15) is 24.1 Å². The van der Waals surface area contributed by atoms with Crippen molar-refractivity contribution < 1.29 is 19.1 Å². The first-order chi connectivity index (χ1) is 14.4. The number of esters is 1. The molecule has 7 nitrogen and oxygen atoms in total. The van der Waals surface area contributed by atoms with Crippen molar-refractivity contribution in [3.05, 3.63) is 53.1 Å². The molecule has 2 atom stereocenters. The molecule has 2 aliphatic rings. The number of nitrogen functional groups attached to an aromatic ring is 1. The Morgan fingerprint density at radius 1 is 1.16 bits per heavy atom. The number of methoxy groups -OCH3 is 1. The third-order valence-electron chi connectivity index (χ3n) is 6.08. The second kappa shape index (κ2) is 8.98. The summed E-state index contributed by atoms with van der Waals surface area (Å²) in [6.07, 6.45) is 2.17. The number of carbonyl (C=O) groups excluding carboxylic acids is 2. The molecule has 0 spiro atoms. The van der Waals surface area contributed by atoms with E-state index in [4.69, 9.17) is 20.6 Å². The number of benzene rings is 2. The van der Waals surface area contributed by atoms with E-state index in [1.54, 1.807) is 11.9 Å². The first-order valence-corrected chi connectivity index (χ1v) is 9.97. The van der Waals surface area contributed by atoms with E-state index in [1.807, 2.05) is 30.3 Å². The number of fused-ring (bicyclic) bond motifs is 3. The molecule has 0 saturated carbocycles. The number of hydrogen-bond donors (Lipinski definition) is 2. The highest BCUT2D eigenvalue weighted by Crippen LogP contribution is 2.36. The molecule has 164 valence electrons. The topological polar surface area (TPSA) is 106 Å². The molecule has 0 aromatic heterocycles. The van der Waals surface area contributed by atoms with Crippen molar-refractivity contribution in [2.45, 2.75) is 25.3 Å². The van der Waals surface area contributed by atoms with E-state index in [1.165, 1.54) is 18.2 Å². The Labute approximate surface area is 187 Å². The van der Waals surface area contributed by atoms with Crippen LogP contribution < -0.4 is 10.5 Å². The molecule has 1 heterocycles. The smallest absolute Gasteiger partial charge is 0.318 e. The van der Waals surface area contributed by atoms with E-state index in [-0.39, 0.29) is 30.2 Å². The fraction of sp³-hybridized carbons (Fsp3) is 0.348. The number of rotatable bonds is 5. The minimum absolute atomic E-state index is 0. The molecule has 2 aromatic carbocycles. The Bertz CT molecular complexity index is 1040. The summed E-state index contributed by atoms with van der Waals surface area (Å²) in [4.78, 5) is 25.6. The zero-order valence-corrected chi connectivity index (χ0v) is 18.3. The minimum atomic E-state index is -0.742. The van der Waals surface area contributed by atoms with Crippen molar-refractivity contribution in [2.75, 3.05) is 20.8 Å². The summed E-state index contributed by atoms with van der Waals surface area (Å²) in [6, 6.07) is 11.8. The predicted molar refractivity (Wildman–Crippen MR) is 120 cm³/mol. The number of aryl methyl sites for hydroxylation is 2. The van der Waals surface area contributed by atoms with Gasteiger partial charge in [-0.25, -0.2) is 0 Å². The third-order valence-corrected chi connectivity index (χ3v) is 6.08. The molecule has 1 aliphatic carbocycles. The largest absolute Gasteiger partial charge is 0.491 e. The van der Waals surface area contributed by atoms with Crippen LogP contribution in [-0.4, -0.2) is 49.4 Å². The molecular formula is C23H26ClN3O4. The van der Waals surface area contributed by atoms with Gasteiger partial charge >= 0.3 is 5.97 Å². The SMILES string of the molecule is COC(=O)[C@H]1C[C@@H](COc2ccc3c(c2)CCc2cc(C(=N)N)ccc2-3)N(C)C1=O.Cl. The average Bonchev–Trinajstić information content (AvgIpc) is 3.04. The van der Waals surface area contributed by atoms with Crippen LogP contribution in [0.1, 0.15) is 23.1 Å². The van der Waals surface area contributed by atoms with E-state index < -0.39 is 11.9 Å². The Kier molecular flexibility index (Phi) is 6.55. The van der Waals surface area contributed by atoms with Gasteiger partial charge in [0.05, 0.1) is 13.2 Å². The number of nitrogens with one attached hydrogen (secondary N) is 1. The maximum Gasteiger partial charge on any atom is 0.318 e. The van der Waals surface area contributed by atoms with Crippen LogP contribution >= 0.6 is 12.4 Å². The summed E-state index contributed by atoms with van der Waals surface area (Å²) < 4.78 is 10.7. The summed E-state index contributed by atoms with van der Waals surface area (Å²) >= 11 is 0. The fourth-order valence-corrected chi connectivity index (χ4v) is 4.30. The number of halogens is 1. The van der Waals surface area contributed by atoms with Crippen molar-refractivity contribution in [1.29, 1.82) is 5.41 Å². The monoisotopic (exact) mass is 443 g/mol. The molecule has 4 rings (SSSR count). The second-order valence-corrected chi connectivity index (χ2v) is 7.83. The number of nitrogens with zero attached hydrogens (tertiary/aromatic N) is 1. The quantitative estimate of drug-likeness (QED) is 0.320. The van der Waals surface area contributed by atoms with Crippen molar-refractivity contribution in [3.63, 3.8) is 0 Å². The van der Waals surface area contributed by atoms with E-state index in [0.717, 1.165) is 35.3 Å². The van der Waals surface area contributed by atoms with Crippen LogP contribution in [-0.2, 0) is 27.2 Å². The maximum atomic E-state index is 12.3. The van der Waals surface area contributed by atoms with Crippen molar-refractivity contribution in [3.8, 4) is 16.9 Å². The Morgan fingerprint density at radius 2 is 1.81 bits per heavy atom. The number of likely N-dealkylation sites (tertiary alicyclic amines) is 1. The van der Waals surface area contributed by atoms with E-state index >= 15 is 0 Å². The zero-order valence-electron chi connectivity index (χ0n) is 17.5. The normalized spacial score (nSPS) is 19.2. The number of ether oxygens (including phenoxy) is 2. The van der Waals surface area contributed by atoms with Crippen molar-refractivity contribution >= 4 is 30.1 Å². The van der Waals surface area contributed by atoms with Crippen LogP contribution in [0.25, 0.3) is 11.1 Å². The minimum Gasteiger partial charge on any atom is -0.491 e. The lowest BCUT2D eigenvalue weighted by Crippen LogP contribution is -2.34. The fourth-order valence-electron chi connectivity index (χ4n) is 4.30. The lowest BCUT2D eigenvalue weighted by molar-refractivity contribution is -0.150. The zero-order chi connectivity index (χ0) is 21.4. The molecule has 1 amide bonds. The third kappa shape index (κ3) is 4.23. The first kappa shape index (κ1) is 22.6. The number of hydrogen-bond acceptors (Lipinski definition) is 5. The van der Waals surface area contributed by atoms with Crippen LogP contribution in [0.2, 0.25) is 0 Å². The van der Waals surface area contributed by atoms with Gasteiger partial charge in [-0.1, -0.05) is 18.2 Å². The van der Waals surface area contributed by atoms with Gasteiger partial charge in [0.15, 0.2) is 0 Å². The second-order valence-electron chi connectivity index (χ2n) is 7.83. The molecule has 31 heavy (non-hydrogen) atoms. The Balaban J connectivity index is 0.00000272. The predicted octanol–water partition coefficient (Wildman–Crippen LogP) is 2.56. The van der Waals surface area contributed by atoms with E-state index in [2.05, 4.69) is 6.07 Å². The summed E-state index contributed by atoms with van der Waals surface area (Å²) in [7, 11) is 2.99. The molecule has 1 aliphatic heterocycles. The Hall–Kier alpha value is -3.06. The molecule has 0 bridgehead atoms. The lowest BCUT2D eigenvalue weighted by Gasteiger charge is -2.23. The van der Waals surface area contributed by atoms with Gasteiger partial charge in [0, 0.05) is 12.6 Å². The Morgan fingerprint density at radius 3 is 2.45 bits per heavy atom. The summed E-state index contributed by atoms with van der Waals surface area (Å²) in [5.41, 5.74) is 11.1. The maximum absolute atomic E-state index is 12.3. The highest BCUT2D eigenvalue weighted by atomic mass is 35.5. The van der Waals surface area contributed by atoms with Gasteiger partial charge in [-0.3, -0.25) is 15.0 Å². The van der Waals surface area contributed by atoms with Crippen LogP contribution in [0.15, 0.2) is 36.4 Å². The molecule has 8 heteroatoms. The molecule has 2 aromatic rings. The molecule has 1 saturated heterocycles. The number of amides is 1. The number of likely N-dealkylation sites (N-methyl/N-ethyl adjacent to an activating group) is 1. The molecule has 1 fully saturated rings. The van der Waals surface area contributed by atoms with Crippen LogP contribution in [0, 0.1) is 11.3 Å². The highest BCUT2D eigenvalue weighted by Gasteiger charge is 2.42. The van der Waals surface area contributed by atoms with Crippen LogP contribution in [0.4, 0.5) is 0 Å². The van der Waals surface area contributed by atoms with Crippen molar-refractivity contribution in [2.24, 2.45) is 11.7 Å². The van der Waals surface area contributed by atoms with Crippen LogP contribution in [0.5, 0.6) is 5.75 Å². The van der Waals surface area contributed by atoms with Gasteiger partial charge in [0.2, 0.25) is 5.91 Å². The number of amidine groups is 1. The van der Waals surface area contributed by atoms with Gasteiger partial charge in [-0.15, -0.1) is 12.4 Å².